The van der Waals surface area contributed by atoms with E-state index in [0.717, 1.165) is 22.8 Å². The van der Waals surface area contributed by atoms with E-state index in [9.17, 15) is 0 Å². The van der Waals surface area contributed by atoms with Crippen LogP contribution in [0.25, 0.3) is 0 Å². The number of nitrogens with one attached hydrogen (secondary N) is 1. The molecule has 0 bridgehead atoms. The fourth-order valence-corrected chi connectivity index (χ4v) is 2.68. The second kappa shape index (κ2) is 6.37. The lowest BCUT2D eigenvalue weighted by Crippen LogP contribution is -2.21. The predicted molar refractivity (Wildman–Crippen MR) is 82.1 cm³/mol. The molecule has 1 atom stereocenters. The molecule has 108 valence electrons. The Morgan fingerprint density at radius 3 is 2.65 bits per heavy atom. The number of hydrogen-bond acceptors (Lipinski definition) is 3. The number of aryl methyl sites for hydroxylation is 1. The highest BCUT2D eigenvalue weighted by Crippen LogP contribution is 2.23. The van der Waals surface area contributed by atoms with Crippen molar-refractivity contribution in [3.05, 3.63) is 46.5 Å². The first-order valence-electron chi connectivity index (χ1n) is 6.84. The smallest absolute Gasteiger partial charge is 0.138 e. The summed E-state index contributed by atoms with van der Waals surface area (Å²) in [5.74, 6) is 0.983. The zero-order valence-electron chi connectivity index (χ0n) is 12.4. The summed E-state index contributed by atoms with van der Waals surface area (Å²) in [6, 6.07) is 6.61. The first-order valence-corrected chi connectivity index (χ1v) is 7.21. The summed E-state index contributed by atoms with van der Waals surface area (Å²) in [5.41, 5.74) is 2.34. The Morgan fingerprint density at radius 1 is 1.30 bits per heavy atom. The number of nitrogens with zero attached hydrogens (tertiary/aromatic N) is 3. The summed E-state index contributed by atoms with van der Waals surface area (Å²) >= 11 is 6.15. The Hall–Kier alpha value is -1.39. The predicted octanol–water partition coefficient (Wildman–Crippen LogP) is 3.32. The van der Waals surface area contributed by atoms with E-state index >= 15 is 0 Å². The minimum atomic E-state index is 0.175. The Labute approximate surface area is 125 Å². The standard InChI is InChI=1S/C15H21ClN4/c1-10(2)20-15(18-9-19-20)8-14(17-4)12-5-11(3)6-13(16)7-12/h5-7,9-10,14,17H,8H2,1-4H3. The van der Waals surface area contributed by atoms with Crippen LogP contribution in [0.4, 0.5) is 0 Å². The van der Waals surface area contributed by atoms with Crippen LogP contribution in [-0.4, -0.2) is 21.8 Å². The van der Waals surface area contributed by atoms with Gasteiger partial charge in [-0.3, -0.25) is 0 Å². The number of halogens is 1. The fraction of sp³-hybridized carbons (Fsp3) is 0.467. The van der Waals surface area contributed by atoms with E-state index in [1.54, 1.807) is 6.33 Å². The number of aromatic nitrogens is 3. The molecule has 1 aromatic heterocycles. The molecule has 0 amide bonds. The van der Waals surface area contributed by atoms with Gasteiger partial charge in [-0.2, -0.15) is 5.10 Å². The van der Waals surface area contributed by atoms with Gasteiger partial charge in [-0.25, -0.2) is 9.67 Å². The topological polar surface area (TPSA) is 42.7 Å². The highest BCUT2D eigenvalue weighted by molar-refractivity contribution is 6.30. The molecule has 0 saturated carbocycles. The van der Waals surface area contributed by atoms with Crippen LogP contribution in [0, 0.1) is 6.92 Å². The van der Waals surface area contributed by atoms with Gasteiger partial charge in [0.15, 0.2) is 0 Å². The summed E-state index contributed by atoms with van der Waals surface area (Å²) in [7, 11) is 1.96. The van der Waals surface area contributed by atoms with E-state index < -0.39 is 0 Å². The Morgan fingerprint density at radius 2 is 2.05 bits per heavy atom. The molecular weight excluding hydrogens is 272 g/mol. The maximum atomic E-state index is 6.15. The molecule has 0 aliphatic heterocycles. The number of likely N-dealkylation sites (N-methyl/N-ethyl adjacent to an activating group) is 1. The maximum Gasteiger partial charge on any atom is 0.138 e. The summed E-state index contributed by atoms with van der Waals surface area (Å²) in [6.07, 6.45) is 2.40. The van der Waals surface area contributed by atoms with Gasteiger partial charge in [0.25, 0.3) is 0 Å². The Balaban J connectivity index is 2.26. The van der Waals surface area contributed by atoms with E-state index in [1.807, 2.05) is 23.9 Å². The first kappa shape index (κ1) is 15.0. The molecule has 0 aliphatic rings. The molecule has 0 radical (unpaired) electrons. The van der Waals surface area contributed by atoms with Crippen LogP contribution < -0.4 is 5.32 Å². The monoisotopic (exact) mass is 292 g/mol. The zero-order valence-corrected chi connectivity index (χ0v) is 13.1. The molecule has 2 aromatic rings. The van der Waals surface area contributed by atoms with Gasteiger partial charge in [0.05, 0.1) is 0 Å². The van der Waals surface area contributed by atoms with Crippen LogP contribution in [0.15, 0.2) is 24.5 Å². The average Bonchev–Trinajstić information content (AvgIpc) is 2.82. The van der Waals surface area contributed by atoms with Gasteiger partial charge in [-0.1, -0.05) is 17.7 Å². The van der Waals surface area contributed by atoms with Crippen molar-refractivity contribution in [2.24, 2.45) is 0 Å². The van der Waals surface area contributed by atoms with Crippen molar-refractivity contribution in [3.63, 3.8) is 0 Å². The third kappa shape index (κ3) is 3.38. The lowest BCUT2D eigenvalue weighted by molar-refractivity contribution is 0.478. The van der Waals surface area contributed by atoms with E-state index in [-0.39, 0.29) is 6.04 Å². The van der Waals surface area contributed by atoms with E-state index in [2.05, 4.69) is 42.2 Å². The molecule has 0 saturated heterocycles. The van der Waals surface area contributed by atoms with Gasteiger partial charge >= 0.3 is 0 Å². The molecule has 1 aromatic carbocycles. The Kier molecular flexibility index (Phi) is 4.78. The molecule has 0 aliphatic carbocycles. The largest absolute Gasteiger partial charge is 0.313 e. The third-order valence-corrected chi connectivity index (χ3v) is 3.56. The molecule has 1 N–H and O–H groups in total. The van der Waals surface area contributed by atoms with Gasteiger partial charge in [0.2, 0.25) is 0 Å². The molecule has 1 heterocycles. The summed E-state index contributed by atoms with van der Waals surface area (Å²) in [5, 5.41) is 8.39. The molecular formula is C15H21ClN4. The lowest BCUT2D eigenvalue weighted by Gasteiger charge is -2.18. The van der Waals surface area contributed by atoms with Crippen molar-refractivity contribution in [3.8, 4) is 0 Å². The van der Waals surface area contributed by atoms with Crippen LogP contribution in [0.5, 0.6) is 0 Å². The van der Waals surface area contributed by atoms with Crippen molar-refractivity contribution in [1.82, 2.24) is 20.1 Å². The number of rotatable bonds is 5. The number of hydrogen-bond donors (Lipinski definition) is 1. The second-order valence-electron chi connectivity index (χ2n) is 5.32. The van der Waals surface area contributed by atoms with Crippen LogP contribution in [0.1, 0.15) is 42.9 Å². The molecule has 0 fully saturated rings. The molecule has 4 nitrogen and oxygen atoms in total. The van der Waals surface area contributed by atoms with Crippen molar-refractivity contribution < 1.29 is 0 Å². The SMILES string of the molecule is CNC(Cc1ncnn1C(C)C)c1cc(C)cc(Cl)c1. The first-order chi connectivity index (χ1) is 9.51. The van der Waals surface area contributed by atoms with Gasteiger partial charge in [-0.05, 0) is 51.1 Å². The lowest BCUT2D eigenvalue weighted by atomic mass is 10.0. The van der Waals surface area contributed by atoms with Crippen molar-refractivity contribution in [1.29, 1.82) is 0 Å². The molecule has 1 unspecified atom stereocenters. The molecule has 0 spiro atoms. The second-order valence-corrected chi connectivity index (χ2v) is 5.76. The molecule has 20 heavy (non-hydrogen) atoms. The van der Waals surface area contributed by atoms with Crippen molar-refractivity contribution >= 4 is 11.6 Å². The van der Waals surface area contributed by atoms with Crippen LogP contribution in [0.3, 0.4) is 0 Å². The zero-order chi connectivity index (χ0) is 14.7. The Bertz CT molecular complexity index is 557. The van der Waals surface area contributed by atoms with Crippen LogP contribution >= 0.6 is 11.6 Å². The minimum absolute atomic E-state index is 0.175. The van der Waals surface area contributed by atoms with Gasteiger partial charge in [-0.15, -0.1) is 0 Å². The quantitative estimate of drug-likeness (QED) is 0.919. The molecule has 2 rings (SSSR count). The average molecular weight is 293 g/mol. The minimum Gasteiger partial charge on any atom is -0.313 e. The number of benzene rings is 1. The summed E-state index contributed by atoms with van der Waals surface area (Å²) < 4.78 is 1.96. The highest BCUT2D eigenvalue weighted by atomic mass is 35.5. The molecule has 5 heteroatoms. The van der Waals surface area contributed by atoms with Crippen molar-refractivity contribution in [2.75, 3.05) is 7.05 Å². The van der Waals surface area contributed by atoms with Gasteiger partial charge < -0.3 is 5.32 Å². The van der Waals surface area contributed by atoms with Crippen LogP contribution in [-0.2, 0) is 6.42 Å². The highest BCUT2D eigenvalue weighted by Gasteiger charge is 2.16. The van der Waals surface area contributed by atoms with E-state index in [4.69, 9.17) is 11.6 Å². The van der Waals surface area contributed by atoms with Crippen LogP contribution in [0.2, 0.25) is 5.02 Å². The van der Waals surface area contributed by atoms with E-state index in [1.165, 1.54) is 5.56 Å². The third-order valence-electron chi connectivity index (χ3n) is 3.34. The van der Waals surface area contributed by atoms with Crippen molar-refractivity contribution in [2.45, 2.75) is 39.3 Å². The fourth-order valence-electron chi connectivity index (χ4n) is 2.39. The maximum absolute atomic E-state index is 6.15. The summed E-state index contributed by atoms with van der Waals surface area (Å²) in [6.45, 7) is 6.27. The van der Waals surface area contributed by atoms with Gasteiger partial charge in [0, 0.05) is 23.5 Å². The van der Waals surface area contributed by atoms with E-state index in [0.29, 0.717) is 6.04 Å². The summed E-state index contributed by atoms with van der Waals surface area (Å²) in [4.78, 5) is 4.37. The normalized spacial score (nSPS) is 12.9. The van der Waals surface area contributed by atoms with Gasteiger partial charge in [0.1, 0.15) is 12.2 Å².